The van der Waals surface area contributed by atoms with E-state index < -0.39 is 12.2 Å². The van der Waals surface area contributed by atoms with Crippen molar-refractivity contribution >= 4 is 0 Å². The molecule has 0 radical (unpaired) electrons. The Hall–Kier alpha value is 1.48. The first-order valence-electron chi connectivity index (χ1n) is 2.78. The van der Waals surface area contributed by atoms with Crippen LogP contribution in [0.2, 0.25) is 0 Å². The van der Waals surface area contributed by atoms with Crippen molar-refractivity contribution in [1.29, 1.82) is 0 Å². The van der Waals surface area contributed by atoms with Crippen LogP contribution in [0.1, 0.15) is 27.7 Å². The molecule has 0 unspecified atom stereocenters. The molecule has 0 aliphatic rings. The first kappa shape index (κ1) is 37.5. The molecule has 0 saturated heterocycles. The molecule has 0 heterocycles. The van der Waals surface area contributed by atoms with Crippen molar-refractivity contribution in [2.24, 2.45) is 0 Å². The second kappa shape index (κ2) is 29.4. The minimum Gasteiger partial charge on any atom is -1.00 e. The van der Waals surface area contributed by atoms with E-state index in [0.717, 1.165) is 0 Å². The van der Waals surface area contributed by atoms with Gasteiger partial charge < -0.3 is 47.4 Å². The molecule has 2 nitrogen and oxygen atoms in total. The molecule has 0 aromatic heterocycles. The minimum atomic E-state index is -0.417. The third-order valence-corrected chi connectivity index (χ3v) is 0. The van der Waals surface area contributed by atoms with E-state index in [1.54, 1.807) is 27.7 Å². The molecule has 82 valence electrons. The van der Waals surface area contributed by atoms with Crippen LogP contribution in [0.3, 0.4) is 0 Å². The summed E-state index contributed by atoms with van der Waals surface area (Å²) < 4.78 is 0. The molecule has 12 heavy (non-hydrogen) atoms. The molecule has 0 saturated carbocycles. The van der Waals surface area contributed by atoms with Crippen LogP contribution in [0.15, 0.2) is 0 Å². The SMILES string of the molecule is CC(C)[O-].CC(C)[O-].[Cl-].[Cl-].[Cl-].[Mo]. The van der Waals surface area contributed by atoms with Gasteiger partial charge in [-0.25, -0.2) is 0 Å². The molecule has 0 fully saturated rings. The molecule has 0 aliphatic carbocycles. The molecule has 0 atom stereocenters. The second-order valence-corrected chi connectivity index (χ2v) is 2.10. The van der Waals surface area contributed by atoms with E-state index in [0.29, 0.717) is 0 Å². The Balaban J connectivity index is -0.0000000112. The van der Waals surface area contributed by atoms with Crippen molar-refractivity contribution in [2.75, 3.05) is 0 Å². The fourth-order valence-electron chi connectivity index (χ4n) is 0. The molecule has 0 aliphatic heterocycles. The fraction of sp³-hybridized carbons (Fsp3) is 1.00. The molecule has 6 heteroatoms. The van der Waals surface area contributed by atoms with Crippen molar-refractivity contribution in [1.82, 2.24) is 0 Å². The van der Waals surface area contributed by atoms with E-state index in [9.17, 15) is 10.2 Å². The Labute approximate surface area is 108 Å². The molecule has 0 amide bonds. The third-order valence-electron chi connectivity index (χ3n) is 0. The van der Waals surface area contributed by atoms with E-state index in [4.69, 9.17) is 0 Å². The minimum absolute atomic E-state index is 0. The van der Waals surface area contributed by atoms with Crippen molar-refractivity contribution in [2.45, 2.75) is 39.9 Å². The molecule has 0 bridgehead atoms. The zero-order valence-electron chi connectivity index (χ0n) is 7.51. The Morgan fingerprint density at radius 2 is 0.667 bits per heavy atom. The first-order valence-corrected chi connectivity index (χ1v) is 2.78. The summed E-state index contributed by atoms with van der Waals surface area (Å²) in [5, 5.41) is 19.1. The van der Waals surface area contributed by atoms with Gasteiger partial charge in [-0.2, -0.15) is 0 Å². The number of halogens is 3. The van der Waals surface area contributed by atoms with E-state index in [-0.39, 0.29) is 58.3 Å². The van der Waals surface area contributed by atoms with Crippen LogP contribution in [0.25, 0.3) is 0 Å². The number of hydrogen-bond acceptors (Lipinski definition) is 2. The van der Waals surface area contributed by atoms with Gasteiger partial charge >= 0.3 is 0 Å². The molecule has 0 aromatic carbocycles. The van der Waals surface area contributed by atoms with E-state index in [2.05, 4.69) is 0 Å². The summed E-state index contributed by atoms with van der Waals surface area (Å²) in [6, 6.07) is 0. The van der Waals surface area contributed by atoms with Crippen LogP contribution in [-0.4, -0.2) is 12.2 Å². The smallest absolute Gasteiger partial charge is 0 e. The number of hydrogen-bond donors (Lipinski definition) is 0. The quantitative estimate of drug-likeness (QED) is 0.416. The maximum absolute atomic E-state index is 9.53. The Morgan fingerprint density at radius 1 is 0.667 bits per heavy atom. The summed E-state index contributed by atoms with van der Waals surface area (Å²) in [6.45, 7) is 6.44. The van der Waals surface area contributed by atoms with Crippen LogP contribution in [-0.2, 0) is 21.1 Å². The second-order valence-electron chi connectivity index (χ2n) is 2.10. The molecule has 0 spiro atoms. The van der Waals surface area contributed by atoms with Crippen molar-refractivity contribution in [3.8, 4) is 0 Å². The van der Waals surface area contributed by atoms with Gasteiger partial charge in [0.1, 0.15) is 0 Å². The summed E-state index contributed by atoms with van der Waals surface area (Å²) in [6.07, 6.45) is -0.833. The van der Waals surface area contributed by atoms with Crippen molar-refractivity contribution in [3.05, 3.63) is 0 Å². The molecule has 0 N–H and O–H groups in total. The first-order chi connectivity index (χ1) is 3.46. The van der Waals surface area contributed by atoms with Crippen LogP contribution >= 0.6 is 0 Å². The Bertz CT molecular complexity index is 36.3. The van der Waals surface area contributed by atoms with E-state index in [1.165, 1.54) is 0 Å². The van der Waals surface area contributed by atoms with E-state index >= 15 is 0 Å². The average molecular weight is 320 g/mol. The Kier molecular flexibility index (Phi) is 91.9. The van der Waals surface area contributed by atoms with Crippen LogP contribution < -0.4 is 47.4 Å². The predicted molar refractivity (Wildman–Crippen MR) is 30.3 cm³/mol. The van der Waals surface area contributed by atoms with Gasteiger partial charge in [-0.15, -0.1) is 12.2 Å². The third kappa shape index (κ3) is 577. The normalized spacial score (nSPS) is 6.00. The van der Waals surface area contributed by atoms with Crippen LogP contribution in [0.5, 0.6) is 0 Å². The van der Waals surface area contributed by atoms with Gasteiger partial charge in [0.05, 0.1) is 0 Å². The van der Waals surface area contributed by atoms with Gasteiger partial charge in [-0.3, -0.25) is 0 Å². The molecule has 0 aromatic rings. The molecular weight excluding hydrogens is 306 g/mol. The maximum Gasteiger partial charge on any atom is 0 e. The van der Waals surface area contributed by atoms with Gasteiger partial charge in [0.15, 0.2) is 0 Å². The van der Waals surface area contributed by atoms with Crippen LogP contribution in [0.4, 0.5) is 0 Å². The van der Waals surface area contributed by atoms with Gasteiger partial charge in [0.2, 0.25) is 0 Å². The average Bonchev–Trinajstić information content (AvgIpc) is 1.25. The standard InChI is InChI=1S/2C3H7O.3ClH.Mo/c2*1-3(2)4;;;;/h2*3H,1-2H3;3*1H;/q2*-1;;;;/p-3. The largest absolute Gasteiger partial charge is 1.00 e. The molecule has 0 rings (SSSR count). The summed E-state index contributed by atoms with van der Waals surface area (Å²) in [4.78, 5) is 0. The zero-order valence-corrected chi connectivity index (χ0v) is 11.8. The summed E-state index contributed by atoms with van der Waals surface area (Å²) >= 11 is 0. The Morgan fingerprint density at radius 3 is 0.667 bits per heavy atom. The predicted octanol–water partition coefficient (Wildman–Crippen LogP) is -9.48. The summed E-state index contributed by atoms with van der Waals surface area (Å²) in [5.41, 5.74) is 0. The van der Waals surface area contributed by atoms with Gasteiger partial charge in [0, 0.05) is 21.1 Å². The fourth-order valence-corrected chi connectivity index (χ4v) is 0. The van der Waals surface area contributed by atoms with Gasteiger partial charge in [-0.1, -0.05) is 27.7 Å². The molecular formula is C6H14Cl3MoO2-5. The van der Waals surface area contributed by atoms with Crippen molar-refractivity contribution < 1.29 is 68.5 Å². The van der Waals surface area contributed by atoms with Crippen molar-refractivity contribution in [3.63, 3.8) is 0 Å². The monoisotopic (exact) mass is 321 g/mol. The zero-order chi connectivity index (χ0) is 7.15. The van der Waals surface area contributed by atoms with E-state index in [1.807, 2.05) is 0 Å². The summed E-state index contributed by atoms with van der Waals surface area (Å²) in [7, 11) is 0. The maximum atomic E-state index is 9.53. The van der Waals surface area contributed by atoms with Gasteiger partial charge in [0.25, 0.3) is 0 Å². The van der Waals surface area contributed by atoms with Gasteiger partial charge in [-0.05, 0) is 0 Å². The van der Waals surface area contributed by atoms with Crippen LogP contribution in [0, 0.1) is 0 Å². The number of rotatable bonds is 0. The summed E-state index contributed by atoms with van der Waals surface area (Å²) in [5.74, 6) is 0. The topological polar surface area (TPSA) is 46.1 Å².